The number of aliphatic imine (C=N–C) groups is 1. The van der Waals surface area contributed by atoms with Crippen LogP contribution in [0.2, 0.25) is 0 Å². The molecule has 9 heteroatoms. The topological polar surface area (TPSA) is 72.6 Å². The van der Waals surface area contributed by atoms with E-state index in [1.165, 1.54) is 19.5 Å². The molecule has 1 amide bonds. The molecule has 0 fully saturated rings. The van der Waals surface area contributed by atoms with Crippen LogP contribution in [0.25, 0.3) is 16.0 Å². The first-order valence-electron chi connectivity index (χ1n) is 9.43. The van der Waals surface area contributed by atoms with Gasteiger partial charge in [-0.1, -0.05) is 17.3 Å². The van der Waals surface area contributed by atoms with Gasteiger partial charge in [-0.15, -0.1) is 16.4 Å². The fourth-order valence-corrected chi connectivity index (χ4v) is 3.99. The number of hydrogen-bond acceptors (Lipinski definition) is 6. The lowest BCUT2D eigenvalue weighted by Crippen LogP contribution is -2.24. The van der Waals surface area contributed by atoms with E-state index in [2.05, 4.69) is 15.3 Å². The van der Waals surface area contributed by atoms with Crippen LogP contribution in [0.1, 0.15) is 11.8 Å². The largest absolute Gasteiger partial charge is 0.480 e. The van der Waals surface area contributed by atoms with Crippen LogP contribution in [0, 0.1) is 0 Å². The van der Waals surface area contributed by atoms with E-state index in [1.807, 2.05) is 41.1 Å². The zero-order chi connectivity index (χ0) is 20.9. The average molecular weight is 425 g/mol. The third-order valence-corrected chi connectivity index (χ3v) is 5.43. The van der Waals surface area contributed by atoms with Crippen molar-refractivity contribution < 1.29 is 13.9 Å². The highest BCUT2D eigenvalue weighted by molar-refractivity contribution is 7.14. The summed E-state index contributed by atoms with van der Waals surface area (Å²) in [6.07, 6.45) is 5.03. The Bertz CT molecular complexity index is 1130. The first-order chi connectivity index (χ1) is 14.6. The summed E-state index contributed by atoms with van der Waals surface area (Å²) < 4.78 is 19.3. The fraction of sp³-hybridized carbons (Fsp3) is 0.238. The van der Waals surface area contributed by atoms with Crippen molar-refractivity contribution in [3.63, 3.8) is 0 Å². The lowest BCUT2D eigenvalue weighted by atomic mass is 10.3. The van der Waals surface area contributed by atoms with Crippen LogP contribution in [-0.2, 0) is 16.1 Å². The second-order valence-corrected chi connectivity index (χ2v) is 7.97. The molecule has 0 N–H and O–H groups in total. The van der Waals surface area contributed by atoms with Gasteiger partial charge in [-0.05, 0) is 42.8 Å². The number of alkyl halides is 1. The predicted octanol–water partition coefficient (Wildman–Crippen LogP) is 3.67. The minimum Gasteiger partial charge on any atom is -0.480 e. The zero-order valence-corrected chi connectivity index (χ0v) is 17.1. The van der Waals surface area contributed by atoms with Crippen LogP contribution >= 0.6 is 11.3 Å². The fourth-order valence-electron chi connectivity index (χ4n) is 3.01. The van der Waals surface area contributed by atoms with Gasteiger partial charge in [0, 0.05) is 23.7 Å². The minimum atomic E-state index is -1.04. The van der Waals surface area contributed by atoms with E-state index in [0.29, 0.717) is 13.1 Å². The summed E-state index contributed by atoms with van der Waals surface area (Å²) in [5.74, 6) is -0.0395. The Morgan fingerprint density at radius 1 is 1.33 bits per heavy atom. The summed E-state index contributed by atoms with van der Waals surface area (Å²) in [6, 6.07) is 11.8. The molecular formula is C21H20FN5O2S. The zero-order valence-electron chi connectivity index (χ0n) is 16.3. The van der Waals surface area contributed by atoms with E-state index in [9.17, 15) is 9.18 Å². The van der Waals surface area contributed by atoms with Crippen molar-refractivity contribution in [2.75, 3.05) is 13.2 Å². The molecule has 0 aliphatic carbocycles. The summed E-state index contributed by atoms with van der Waals surface area (Å²) in [4.78, 5) is 19.0. The lowest BCUT2D eigenvalue weighted by molar-refractivity contribution is -0.125. The number of para-hydroxylation sites is 1. The number of carbonyl (C=O) groups excluding carboxylic acids is 1. The maximum Gasteiger partial charge on any atom is 0.247 e. The molecule has 0 bridgehead atoms. The smallest absolute Gasteiger partial charge is 0.247 e. The van der Waals surface area contributed by atoms with Gasteiger partial charge in [0.05, 0.1) is 12.1 Å². The standard InChI is InChI=1S/C21H20FN5O2S/c1-15(22)13-29-14-23-9-8-16-10-20(28)26(11-16)12-17-6-7-21(30-17)27-19-5-3-2-4-18(19)24-25-27/h2-10,14-15H,11-13H2,1H3/b9-8-,23-14?. The molecule has 1 aliphatic heterocycles. The molecule has 3 aromatic rings. The van der Waals surface area contributed by atoms with Gasteiger partial charge in [0.1, 0.15) is 23.3 Å². The average Bonchev–Trinajstić information content (AvgIpc) is 3.43. The number of benzene rings is 1. The third kappa shape index (κ3) is 4.62. The van der Waals surface area contributed by atoms with Crippen molar-refractivity contribution in [1.82, 2.24) is 19.9 Å². The molecule has 30 heavy (non-hydrogen) atoms. The Morgan fingerprint density at radius 3 is 3.07 bits per heavy atom. The second kappa shape index (κ2) is 9.00. The predicted molar refractivity (Wildman–Crippen MR) is 114 cm³/mol. The second-order valence-electron chi connectivity index (χ2n) is 6.83. The molecule has 1 aliphatic rings. The van der Waals surface area contributed by atoms with Gasteiger partial charge in [-0.25, -0.2) is 14.1 Å². The molecular weight excluding hydrogens is 405 g/mol. The quantitative estimate of drug-likeness (QED) is 0.408. The summed E-state index contributed by atoms with van der Waals surface area (Å²) in [6.45, 7) is 2.41. The van der Waals surface area contributed by atoms with Crippen LogP contribution in [0.4, 0.5) is 4.39 Å². The first kappa shape index (κ1) is 20.0. The molecule has 0 saturated carbocycles. The van der Waals surface area contributed by atoms with Gasteiger partial charge in [0.25, 0.3) is 0 Å². The van der Waals surface area contributed by atoms with Crippen molar-refractivity contribution in [3.8, 4) is 5.00 Å². The van der Waals surface area contributed by atoms with E-state index in [-0.39, 0.29) is 12.5 Å². The number of aromatic nitrogens is 3. The molecule has 0 spiro atoms. The molecule has 4 rings (SSSR count). The minimum absolute atomic E-state index is 0.0283. The molecule has 3 heterocycles. The van der Waals surface area contributed by atoms with Crippen molar-refractivity contribution in [2.24, 2.45) is 4.99 Å². The Morgan fingerprint density at radius 2 is 2.20 bits per heavy atom. The Hall–Kier alpha value is -3.33. The number of hydrogen-bond donors (Lipinski definition) is 0. The van der Waals surface area contributed by atoms with Gasteiger partial charge >= 0.3 is 0 Å². The number of nitrogens with zero attached hydrogens (tertiary/aromatic N) is 5. The maximum absolute atomic E-state index is 12.6. The van der Waals surface area contributed by atoms with Gasteiger partial charge in [-0.2, -0.15) is 0 Å². The van der Waals surface area contributed by atoms with Gasteiger partial charge in [0.15, 0.2) is 6.40 Å². The van der Waals surface area contributed by atoms with Crippen molar-refractivity contribution in [1.29, 1.82) is 0 Å². The van der Waals surface area contributed by atoms with Gasteiger partial charge < -0.3 is 9.64 Å². The molecule has 0 saturated heterocycles. The van der Waals surface area contributed by atoms with Crippen molar-refractivity contribution in [3.05, 3.63) is 65.2 Å². The monoisotopic (exact) mass is 425 g/mol. The molecule has 1 aromatic carbocycles. The van der Waals surface area contributed by atoms with Gasteiger partial charge in [-0.3, -0.25) is 4.79 Å². The number of amides is 1. The maximum atomic E-state index is 12.6. The highest BCUT2D eigenvalue weighted by Gasteiger charge is 2.21. The SMILES string of the molecule is CC(F)COC=N/C=C\C1=CC(=O)N(Cc2ccc(-n3nnc4ccccc43)s2)C1. The third-order valence-electron chi connectivity index (χ3n) is 4.38. The van der Waals surface area contributed by atoms with E-state index >= 15 is 0 Å². The van der Waals surface area contributed by atoms with E-state index < -0.39 is 6.17 Å². The summed E-state index contributed by atoms with van der Waals surface area (Å²) in [5.41, 5.74) is 2.65. The van der Waals surface area contributed by atoms with E-state index in [1.54, 1.807) is 28.4 Å². The molecule has 154 valence electrons. The van der Waals surface area contributed by atoms with Crippen LogP contribution in [0.5, 0.6) is 0 Å². The Labute approximate surface area is 176 Å². The highest BCUT2D eigenvalue weighted by atomic mass is 32.1. The number of rotatable bonds is 8. The summed E-state index contributed by atoms with van der Waals surface area (Å²) in [5, 5.41) is 9.37. The van der Waals surface area contributed by atoms with Crippen LogP contribution < -0.4 is 0 Å². The highest BCUT2D eigenvalue weighted by Crippen LogP contribution is 2.26. The van der Waals surface area contributed by atoms with Crippen LogP contribution in [0.15, 0.2) is 65.3 Å². The summed E-state index contributed by atoms with van der Waals surface area (Å²) >= 11 is 1.58. The molecule has 1 unspecified atom stereocenters. The van der Waals surface area contributed by atoms with E-state index in [4.69, 9.17) is 4.74 Å². The number of ether oxygens (including phenoxy) is 1. The van der Waals surface area contributed by atoms with Crippen molar-refractivity contribution in [2.45, 2.75) is 19.6 Å². The molecule has 7 nitrogen and oxygen atoms in total. The number of thiophene rings is 1. The van der Waals surface area contributed by atoms with E-state index in [0.717, 1.165) is 26.5 Å². The lowest BCUT2D eigenvalue weighted by Gasteiger charge is -2.14. The normalized spacial score (nSPS) is 15.6. The Kier molecular flexibility index (Phi) is 5.99. The Balaban J connectivity index is 1.35. The van der Waals surface area contributed by atoms with Gasteiger partial charge in [0.2, 0.25) is 5.91 Å². The summed E-state index contributed by atoms with van der Waals surface area (Å²) in [7, 11) is 0. The number of carbonyl (C=O) groups is 1. The number of halogens is 1. The van der Waals surface area contributed by atoms with Crippen LogP contribution in [0.3, 0.4) is 0 Å². The first-order valence-corrected chi connectivity index (χ1v) is 10.2. The van der Waals surface area contributed by atoms with Crippen molar-refractivity contribution >= 4 is 34.7 Å². The number of fused-ring (bicyclic) bond motifs is 1. The molecule has 2 aromatic heterocycles. The molecule has 1 atom stereocenters. The molecule has 0 radical (unpaired) electrons. The van der Waals surface area contributed by atoms with Crippen LogP contribution in [-0.4, -0.2) is 51.5 Å².